The summed E-state index contributed by atoms with van der Waals surface area (Å²) in [6, 6.07) is 7.93. The molecule has 1 aliphatic heterocycles. The standard InChI is InChI=1S/C20H26N2O4/c23-18-5-2-10-22(18)13-15-8-6-14(7-9-15)12-21-19(24)16-3-1-4-17(11-16)20(25)26/h6-9,16-17H,1-5,10-13H2,(H,21,24)(H,25,26). The molecule has 0 radical (unpaired) electrons. The molecule has 140 valence electrons. The van der Waals surface area contributed by atoms with Gasteiger partial charge in [-0.15, -0.1) is 0 Å². The SMILES string of the molecule is O=C(O)C1CCCC(C(=O)NCc2ccc(CN3CCCC3=O)cc2)C1. The maximum Gasteiger partial charge on any atom is 0.306 e. The minimum absolute atomic E-state index is 0.0531. The van der Waals surface area contributed by atoms with Crippen molar-refractivity contribution in [1.29, 1.82) is 0 Å². The van der Waals surface area contributed by atoms with Crippen molar-refractivity contribution < 1.29 is 19.5 Å². The van der Waals surface area contributed by atoms with E-state index in [2.05, 4.69) is 5.32 Å². The summed E-state index contributed by atoms with van der Waals surface area (Å²) in [4.78, 5) is 37.0. The molecule has 0 spiro atoms. The predicted octanol–water partition coefficient (Wildman–Crippen LogP) is 2.32. The Bertz CT molecular complexity index is 671. The summed E-state index contributed by atoms with van der Waals surface area (Å²) < 4.78 is 0. The molecule has 2 unspecified atom stereocenters. The maximum absolute atomic E-state index is 12.3. The van der Waals surface area contributed by atoms with E-state index in [9.17, 15) is 14.4 Å². The van der Waals surface area contributed by atoms with Crippen LogP contribution in [0.4, 0.5) is 0 Å². The summed E-state index contributed by atoms with van der Waals surface area (Å²) >= 11 is 0. The van der Waals surface area contributed by atoms with Gasteiger partial charge < -0.3 is 15.3 Å². The molecule has 6 nitrogen and oxygen atoms in total. The number of nitrogens with one attached hydrogen (secondary N) is 1. The lowest BCUT2D eigenvalue weighted by atomic mass is 9.81. The fourth-order valence-electron chi connectivity index (χ4n) is 3.84. The molecule has 0 bridgehead atoms. The van der Waals surface area contributed by atoms with Crippen molar-refractivity contribution in [1.82, 2.24) is 10.2 Å². The highest BCUT2D eigenvalue weighted by atomic mass is 16.4. The Hall–Kier alpha value is -2.37. The van der Waals surface area contributed by atoms with Gasteiger partial charge in [-0.25, -0.2) is 0 Å². The second kappa shape index (κ2) is 8.34. The van der Waals surface area contributed by atoms with Crippen LogP contribution in [0.2, 0.25) is 0 Å². The van der Waals surface area contributed by atoms with E-state index in [1.165, 1.54) is 0 Å². The van der Waals surface area contributed by atoms with Gasteiger partial charge in [0.25, 0.3) is 0 Å². The monoisotopic (exact) mass is 358 g/mol. The van der Waals surface area contributed by atoms with E-state index in [4.69, 9.17) is 5.11 Å². The number of carboxylic acids is 1. The first kappa shape index (κ1) is 18.4. The average molecular weight is 358 g/mol. The molecule has 6 heteroatoms. The van der Waals surface area contributed by atoms with Crippen LogP contribution >= 0.6 is 0 Å². The Labute approximate surface area is 153 Å². The summed E-state index contributed by atoms with van der Waals surface area (Å²) in [5.41, 5.74) is 2.09. The topological polar surface area (TPSA) is 86.7 Å². The Kier molecular flexibility index (Phi) is 5.91. The van der Waals surface area contributed by atoms with E-state index in [1.807, 2.05) is 29.2 Å². The molecule has 1 saturated carbocycles. The second-order valence-electron chi connectivity index (χ2n) is 7.35. The molecule has 26 heavy (non-hydrogen) atoms. The lowest BCUT2D eigenvalue weighted by Gasteiger charge is -2.25. The minimum atomic E-state index is -0.797. The zero-order chi connectivity index (χ0) is 18.5. The van der Waals surface area contributed by atoms with Crippen molar-refractivity contribution in [3.8, 4) is 0 Å². The van der Waals surface area contributed by atoms with E-state index >= 15 is 0 Å². The molecule has 2 aliphatic rings. The van der Waals surface area contributed by atoms with Gasteiger partial charge in [-0.3, -0.25) is 14.4 Å². The molecule has 2 fully saturated rings. The van der Waals surface area contributed by atoms with Gasteiger partial charge in [0, 0.05) is 32.0 Å². The number of likely N-dealkylation sites (tertiary alicyclic amines) is 1. The molecule has 2 N–H and O–H groups in total. The molecule has 1 heterocycles. The molecular formula is C20H26N2O4. The van der Waals surface area contributed by atoms with E-state index in [-0.39, 0.29) is 17.7 Å². The van der Waals surface area contributed by atoms with E-state index in [0.717, 1.165) is 36.9 Å². The zero-order valence-corrected chi connectivity index (χ0v) is 14.9. The highest BCUT2D eigenvalue weighted by Gasteiger charge is 2.30. The molecule has 1 aliphatic carbocycles. The molecule has 0 aromatic heterocycles. The molecule has 2 amide bonds. The summed E-state index contributed by atoms with van der Waals surface area (Å²) in [6.45, 7) is 1.91. The average Bonchev–Trinajstić information content (AvgIpc) is 3.05. The van der Waals surface area contributed by atoms with Gasteiger partial charge in [-0.2, -0.15) is 0 Å². The van der Waals surface area contributed by atoms with Crippen LogP contribution in [0, 0.1) is 11.8 Å². The van der Waals surface area contributed by atoms with E-state index in [0.29, 0.717) is 32.4 Å². The first-order valence-electron chi connectivity index (χ1n) is 9.39. The highest BCUT2D eigenvalue weighted by Crippen LogP contribution is 2.29. The fraction of sp³-hybridized carbons (Fsp3) is 0.550. The van der Waals surface area contributed by atoms with Gasteiger partial charge in [-0.05, 0) is 36.8 Å². The Balaban J connectivity index is 1.47. The Morgan fingerprint density at radius 1 is 1.08 bits per heavy atom. The van der Waals surface area contributed by atoms with Crippen molar-refractivity contribution in [2.45, 2.75) is 51.6 Å². The number of hydrogen-bond acceptors (Lipinski definition) is 3. The number of hydrogen-bond donors (Lipinski definition) is 2. The van der Waals surface area contributed by atoms with Gasteiger partial charge in [0.1, 0.15) is 0 Å². The maximum atomic E-state index is 12.3. The van der Waals surface area contributed by atoms with Crippen LogP contribution in [0.1, 0.15) is 49.7 Å². The number of benzene rings is 1. The summed E-state index contributed by atoms with van der Waals surface area (Å²) in [6.07, 6.45) is 4.24. The molecule has 1 aromatic rings. The third kappa shape index (κ3) is 4.62. The fourth-order valence-corrected chi connectivity index (χ4v) is 3.84. The van der Waals surface area contributed by atoms with Crippen LogP contribution in [-0.4, -0.2) is 34.3 Å². The minimum Gasteiger partial charge on any atom is -0.481 e. The summed E-state index contributed by atoms with van der Waals surface area (Å²) in [5.74, 6) is -1.23. The smallest absolute Gasteiger partial charge is 0.306 e. The lowest BCUT2D eigenvalue weighted by molar-refractivity contribution is -0.144. The summed E-state index contributed by atoms with van der Waals surface area (Å²) in [5, 5.41) is 12.1. The number of amides is 2. The Morgan fingerprint density at radius 3 is 2.42 bits per heavy atom. The van der Waals surface area contributed by atoms with Crippen molar-refractivity contribution in [2.75, 3.05) is 6.54 Å². The molecule has 2 atom stereocenters. The van der Waals surface area contributed by atoms with Crippen LogP contribution in [0.3, 0.4) is 0 Å². The number of carbonyl (C=O) groups excluding carboxylic acids is 2. The van der Waals surface area contributed by atoms with Gasteiger partial charge in [0.15, 0.2) is 0 Å². The van der Waals surface area contributed by atoms with Gasteiger partial charge in [0.2, 0.25) is 11.8 Å². The van der Waals surface area contributed by atoms with Crippen molar-refractivity contribution in [2.24, 2.45) is 11.8 Å². The van der Waals surface area contributed by atoms with Crippen LogP contribution < -0.4 is 5.32 Å². The van der Waals surface area contributed by atoms with Crippen molar-refractivity contribution >= 4 is 17.8 Å². The molecular weight excluding hydrogens is 332 g/mol. The van der Waals surface area contributed by atoms with Crippen molar-refractivity contribution in [3.63, 3.8) is 0 Å². The van der Waals surface area contributed by atoms with Crippen LogP contribution in [0.25, 0.3) is 0 Å². The van der Waals surface area contributed by atoms with Gasteiger partial charge >= 0.3 is 5.97 Å². The Morgan fingerprint density at radius 2 is 1.77 bits per heavy atom. The van der Waals surface area contributed by atoms with Gasteiger partial charge in [-0.1, -0.05) is 30.7 Å². The molecule has 1 aromatic carbocycles. The number of carboxylic acid groups (broad SMARTS) is 1. The van der Waals surface area contributed by atoms with Crippen LogP contribution in [0.15, 0.2) is 24.3 Å². The molecule has 3 rings (SSSR count). The number of aliphatic carboxylic acids is 1. The first-order chi connectivity index (χ1) is 12.5. The number of carbonyl (C=O) groups is 3. The quantitative estimate of drug-likeness (QED) is 0.817. The van der Waals surface area contributed by atoms with Crippen molar-refractivity contribution in [3.05, 3.63) is 35.4 Å². The zero-order valence-electron chi connectivity index (χ0n) is 14.9. The van der Waals surface area contributed by atoms with Gasteiger partial charge in [0.05, 0.1) is 5.92 Å². The third-order valence-electron chi connectivity index (χ3n) is 5.43. The summed E-state index contributed by atoms with van der Waals surface area (Å²) in [7, 11) is 0. The third-order valence-corrected chi connectivity index (χ3v) is 5.43. The normalized spacial score (nSPS) is 23.1. The first-order valence-corrected chi connectivity index (χ1v) is 9.39. The van der Waals surface area contributed by atoms with Crippen LogP contribution in [-0.2, 0) is 27.5 Å². The number of rotatable bonds is 6. The highest BCUT2D eigenvalue weighted by molar-refractivity contribution is 5.80. The predicted molar refractivity (Wildman–Crippen MR) is 96.0 cm³/mol. The molecule has 1 saturated heterocycles. The second-order valence-corrected chi connectivity index (χ2v) is 7.35. The number of nitrogens with zero attached hydrogens (tertiary/aromatic N) is 1. The van der Waals surface area contributed by atoms with Crippen LogP contribution in [0.5, 0.6) is 0 Å². The lowest BCUT2D eigenvalue weighted by Crippen LogP contribution is -2.35. The van der Waals surface area contributed by atoms with E-state index < -0.39 is 11.9 Å². The van der Waals surface area contributed by atoms with E-state index in [1.54, 1.807) is 0 Å². The largest absolute Gasteiger partial charge is 0.481 e.